The predicted molar refractivity (Wildman–Crippen MR) is 51.0 cm³/mol. The van der Waals surface area contributed by atoms with Crippen molar-refractivity contribution in [2.75, 3.05) is 13.7 Å². The molecule has 5 heteroatoms. The number of hydrogen-bond donors (Lipinski definition) is 1. The SMILES string of the molecule is COc1ccc(C(F)(F)CN)c(Cl)c1. The minimum absolute atomic E-state index is 0.0419. The summed E-state index contributed by atoms with van der Waals surface area (Å²) in [4.78, 5) is 0. The van der Waals surface area contributed by atoms with Crippen LogP contribution in [0.5, 0.6) is 5.75 Å². The molecular formula is C9H10ClF2NO. The van der Waals surface area contributed by atoms with E-state index in [9.17, 15) is 8.78 Å². The fourth-order valence-electron chi connectivity index (χ4n) is 1.03. The number of halogens is 3. The van der Waals surface area contributed by atoms with Gasteiger partial charge in [-0.15, -0.1) is 0 Å². The summed E-state index contributed by atoms with van der Waals surface area (Å²) in [6.07, 6.45) is 0. The van der Waals surface area contributed by atoms with Gasteiger partial charge in [0.05, 0.1) is 18.7 Å². The van der Waals surface area contributed by atoms with E-state index in [4.69, 9.17) is 22.1 Å². The van der Waals surface area contributed by atoms with E-state index in [1.54, 1.807) is 0 Å². The summed E-state index contributed by atoms with van der Waals surface area (Å²) < 4.78 is 31.1. The highest BCUT2D eigenvalue weighted by molar-refractivity contribution is 6.31. The maximum absolute atomic E-state index is 13.1. The van der Waals surface area contributed by atoms with Crippen LogP contribution >= 0.6 is 11.6 Å². The molecule has 0 aliphatic heterocycles. The van der Waals surface area contributed by atoms with E-state index in [2.05, 4.69) is 0 Å². The van der Waals surface area contributed by atoms with Gasteiger partial charge in [0.15, 0.2) is 0 Å². The summed E-state index contributed by atoms with van der Waals surface area (Å²) in [7, 11) is 1.44. The molecule has 1 aromatic carbocycles. The van der Waals surface area contributed by atoms with Gasteiger partial charge in [0.2, 0.25) is 0 Å². The number of rotatable bonds is 3. The summed E-state index contributed by atoms with van der Waals surface area (Å²) in [6.45, 7) is -0.765. The van der Waals surface area contributed by atoms with Gasteiger partial charge in [-0.1, -0.05) is 11.6 Å². The van der Waals surface area contributed by atoms with Crippen molar-refractivity contribution in [3.63, 3.8) is 0 Å². The highest BCUT2D eigenvalue weighted by Gasteiger charge is 2.31. The van der Waals surface area contributed by atoms with Gasteiger partial charge in [-0.25, -0.2) is 0 Å². The molecule has 0 aliphatic carbocycles. The average molecular weight is 222 g/mol. The van der Waals surface area contributed by atoms with Gasteiger partial charge in [0, 0.05) is 5.56 Å². The van der Waals surface area contributed by atoms with Crippen molar-refractivity contribution < 1.29 is 13.5 Å². The highest BCUT2D eigenvalue weighted by atomic mass is 35.5. The summed E-state index contributed by atoms with van der Waals surface area (Å²) in [5, 5.41) is -0.0419. The van der Waals surface area contributed by atoms with Gasteiger partial charge in [-0.2, -0.15) is 8.78 Å². The molecule has 0 fully saturated rings. The molecule has 1 aromatic rings. The van der Waals surface area contributed by atoms with E-state index >= 15 is 0 Å². The van der Waals surface area contributed by atoms with Crippen LogP contribution in [0.2, 0.25) is 5.02 Å². The lowest BCUT2D eigenvalue weighted by Gasteiger charge is -2.16. The maximum atomic E-state index is 13.1. The third-order valence-electron chi connectivity index (χ3n) is 1.83. The lowest BCUT2D eigenvalue weighted by molar-refractivity contribution is 0.00604. The van der Waals surface area contributed by atoms with Crippen molar-refractivity contribution >= 4 is 11.6 Å². The zero-order valence-corrected chi connectivity index (χ0v) is 8.31. The number of ether oxygens (including phenoxy) is 1. The first kappa shape index (κ1) is 11.2. The molecule has 0 heterocycles. The van der Waals surface area contributed by atoms with Gasteiger partial charge in [0.25, 0.3) is 5.92 Å². The van der Waals surface area contributed by atoms with Gasteiger partial charge in [-0.05, 0) is 18.2 Å². The standard InChI is InChI=1S/C9H10ClF2NO/c1-14-6-2-3-7(8(10)4-6)9(11,12)5-13/h2-4H,5,13H2,1H3. The Hall–Kier alpha value is -0.870. The lowest BCUT2D eigenvalue weighted by atomic mass is 10.1. The number of alkyl halides is 2. The normalized spacial score (nSPS) is 11.5. The average Bonchev–Trinajstić information content (AvgIpc) is 2.17. The quantitative estimate of drug-likeness (QED) is 0.851. The Morgan fingerprint density at radius 2 is 2.14 bits per heavy atom. The van der Waals surface area contributed by atoms with Gasteiger partial charge >= 0.3 is 0 Å². The Bertz CT molecular complexity index is 331. The van der Waals surface area contributed by atoms with E-state index in [0.29, 0.717) is 5.75 Å². The molecule has 0 atom stereocenters. The van der Waals surface area contributed by atoms with Crippen molar-refractivity contribution in [1.29, 1.82) is 0 Å². The fourth-order valence-corrected chi connectivity index (χ4v) is 1.34. The Balaban J connectivity index is 3.12. The van der Waals surface area contributed by atoms with Gasteiger partial charge in [0.1, 0.15) is 5.75 Å². The summed E-state index contributed by atoms with van der Waals surface area (Å²) >= 11 is 5.66. The summed E-state index contributed by atoms with van der Waals surface area (Å²) in [5.74, 6) is -2.66. The van der Waals surface area contributed by atoms with Crippen LogP contribution in [-0.2, 0) is 5.92 Å². The zero-order chi connectivity index (χ0) is 10.8. The third-order valence-corrected chi connectivity index (χ3v) is 2.14. The number of hydrogen-bond acceptors (Lipinski definition) is 2. The minimum atomic E-state index is -3.09. The molecule has 2 nitrogen and oxygen atoms in total. The van der Waals surface area contributed by atoms with Crippen LogP contribution in [0.4, 0.5) is 8.78 Å². The molecule has 78 valence electrons. The highest BCUT2D eigenvalue weighted by Crippen LogP contribution is 2.34. The zero-order valence-electron chi connectivity index (χ0n) is 7.56. The van der Waals surface area contributed by atoms with Crippen LogP contribution in [0.3, 0.4) is 0 Å². The molecule has 0 radical (unpaired) electrons. The smallest absolute Gasteiger partial charge is 0.286 e. The number of benzene rings is 1. The van der Waals surface area contributed by atoms with E-state index in [-0.39, 0.29) is 10.6 Å². The van der Waals surface area contributed by atoms with Crippen LogP contribution in [0, 0.1) is 0 Å². The van der Waals surface area contributed by atoms with Crippen molar-refractivity contribution in [1.82, 2.24) is 0 Å². The number of nitrogens with two attached hydrogens (primary N) is 1. The van der Waals surface area contributed by atoms with Crippen LogP contribution in [0.25, 0.3) is 0 Å². The van der Waals surface area contributed by atoms with Crippen molar-refractivity contribution in [2.45, 2.75) is 5.92 Å². The maximum Gasteiger partial charge on any atom is 0.286 e. The Morgan fingerprint density at radius 3 is 2.57 bits per heavy atom. The molecule has 0 amide bonds. The molecule has 0 bridgehead atoms. The van der Waals surface area contributed by atoms with Gasteiger partial charge < -0.3 is 10.5 Å². The Labute approximate surface area is 85.6 Å². The molecule has 0 spiro atoms. The molecule has 0 aliphatic rings. The lowest BCUT2D eigenvalue weighted by Crippen LogP contribution is -2.25. The van der Waals surface area contributed by atoms with Crippen LogP contribution in [0.15, 0.2) is 18.2 Å². The topological polar surface area (TPSA) is 35.2 Å². The van der Waals surface area contributed by atoms with E-state index in [0.717, 1.165) is 0 Å². The molecular weight excluding hydrogens is 212 g/mol. The molecule has 1 rings (SSSR count). The second-order valence-corrected chi connectivity index (χ2v) is 3.16. The second kappa shape index (κ2) is 4.11. The first-order chi connectivity index (χ1) is 6.51. The largest absolute Gasteiger partial charge is 0.497 e. The first-order valence-electron chi connectivity index (χ1n) is 3.93. The Kier molecular flexibility index (Phi) is 3.29. The Morgan fingerprint density at radius 1 is 1.50 bits per heavy atom. The number of methoxy groups -OCH3 is 1. The van der Waals surface area contributed by atoms with Crippen LogP contribution in [0.1, 0.15) is 5.56 Å². The van der Waals surface area contributed by atoms with Crippen LogP contribution in [-0.4, -0.2) is 13.7 Å². The van der Waals surface area contributed by atoms with Crippen LogP contribution < -0.4 is 10.5 Å². The van der Waals surface area contributed by atoms with Gasteiger partial charge in [-0.3, -0.25) is 0 Å². The summed E-state index contributed by atoms with van der Waals surface area (Å²) in [5.41, 5.74) is 4.66. The molecule has 2 N–H and O–H groups in total. The molecule has 14 heavy (non-hydrogen) atoms. The minimum Gasteiger partial charge on any atom is -0.497 e. The molecule has 0 saturated heterocycles. The van der Waals surface area contributed by atoms with Crippen molar-refractivity contribution in [2.24, 2.45) is 5.73 Å². The first-order valence-corrected chi connectivity index (χ1v) is 4.31. The molecule has 0 aromatic heterocycles. The molecule has 0 unspecified atom stereocenters. The third kappa shape index (κ3) is 2.13. The monoisotopic (exact) mass is 221 g/mol. The second-order valence-electron chi connectivity index (χ2n) is 2.75. The van der Waals surface area contributed by atoms with E-state index in [1.807, 2.05) is 0 Å². The fraction of sp³-hybridized carbons (Fsp3) is 0.333. The predicted octanol–water partition coefficient (Wildman–Crippen LogP) is 2.40. The van der Waals surface area contributed by atoms with Crippen molar-refractivity contribution in [3.8, 4) is 5.75 Å². The molecule has 0 saturated carbocycles. The summed E-state index contributed by atoms with van der Waals surface area (Å²) in [6, 6.07) is 3.97. The van der Waals surface area contributed by atoms with E-state index < -0.39 is 12.5 Å². The van der Waals surface area contributed by atoms with E-state index in [1.165, 1.54) is 25.3 Å². The van der Waals surface area contributed by atoms with Crippen molar-refractivity contribution in [3.05, 3.63) is 28.8 Å².